The third-order valence-corrected chi connectivity index (χ3v) is 3.10. The van der Waals surface area contributed by atoms with Gasteiger partial charge in [0, 0.05) is 23.3 Å². The molecule has 1 aromatic rings. The number of amides is 1. The molecule has 0 aliphatic carbocycles. The number of nitrogens with one attached hydrogen (secondary N) is 1. The van der Waals surface area contributed by atoms with Crippen LogP contribution in [0, 0.1) is 0 Å². The fourth-order valence-electron chi connectivity index (χ4n) is 1.10. The molecule has 0 aliphatic heterocycles. The molecule has 0 spiro atoms. The van der Waals surface area contributed by atoms with Crippen LogP contribution in [0.2, 0.25) is 0 Å². The molecule has 1 amide bonds. The Kier molecular flexibility index (Phi) is 5.11. The van der Waals surface area contributed by atoms with Gasteiger partial charge in [-0.3, -0.25) is 4.79 Å². The molecule has 0 saturated heterocycles. The van der Waals surface area contributed by atoms with Crippen molar-refractivity contribution in [1.82, 2.24) is 10.3 Å². The van der Waals surface area contributed by atoms with Gasteiger partial charge in [0.25, 0.3) is 0 Å². The van der Waals surface area contributed by atoms with Crippen LogP contribution in [0.25, 0.3) is 0 Å². The van der Waals surface area contributed by atoms with Gasteiger partial charge >= 0.3 is 0 Å². The lowest BCUT2D eigenvalue weighted by Crippen LogP contribution is -2.28. The van der Waals surface area contributed by atoms with Crippen molar-refractivity contribution in [3.63, 3.8) is 0 Å². The largest absolute Gasteiger partial charge is 0.347 e. The molecule has 5 heteroatoms. The first-order valence-electron chi connectivity index (χ1n) is 4.52. The van der Waals surface area contributed by atoms with E-state index in [9.17, 15) is 4.79 Å². The van der Waals surface area contributed by atoms with Crippen LogP contribution in [0.15, 0.2) is 11.6 Å². The third-order valence-electron chi connectivity index (χ3n) is 1.81. The lowest BCUT2D eigenvalue weighted by Gasteiger charge is -2.13. The number of carbonyl (C=O) groups excluding carboxylic acids is 1. The molecule has 0 aromatic carbocycles. The number of aromatic nitrogens is 1. The second kappa shape index (κ2) is 6.14. The molecule has 1 N–H and O–H groups in total. The van der Waals surface area contributed by atoms with Crippen molar-refractivity contribution in [2.45, 2.75) is 25.8 Å². The SMILES string of the molecule is CCC(NC(=O)CCBr)c1nccs1. The van der Waals surface area contributed by atoms with Gasteiger partial charge in [-0.2, -0.15) is 0 Å². The van der Waals surface area contributed by atoms with E-state index >= 15 is 0 Å². The molecule has 0 bridgehead atoms. The van der Waals surface area contributed by atoms with E-state index in [0.29, 0.717) is 11.8 Å². The Hall–Kier alpha value is -0.420. The Balaban J connectivity index is 2.51. The third kappa shape index (κ3) is 3.38. The molecule has 14 heavy (non-hydrogen) atoms. The van der Waals surface area contributed by atoms with Gasteiger partial charge in [0.15, 0.2) is 0 Å². The van der Waals surface area contributed by atoms with Gasteiger partial charge in [0.2, 0.25) is 5.91 Å². The minimum Gasteiger partial charge on any atom is -0.347 e. The Morgan fingerprint density at radius 2 is 2.57 bits per heavy atom. The minimum absolute atomic E-state index is 0.0709. The second-order valence-corrected chi connectivity index (χ2v) is 4.56. The summed E-state index contributed by atoms with van der Waals surface area (Å²) in [6.07, 6.45) is 3.16. The highest BCUT2D eigenvalue weighted by atomic mass is 79.9. The first-order valence-corrected chi connectivity index (χ1v) is 6.52. The van der Waals surface area contributed by atoms with E-state index < -0.39 is 0 Å². The van der Waals surface area contributed by atoms with Crippen LogP contribution in [-0.4, -0.2) is 16.2 Å². The van der Waals surface area contributed by atoms with E-state index in [1.165, 1.54) is 0 Å². The molecule has 0 radical (unpaired) electrons. The quantitative estimate of drug-likeness (QED) is 0.840. The molecule has 1 rings (SSSR count). The predicted molar refractivity (Wildman–Crippen MR) is 61.7 cm³/mol. The van der Waals surface area contributed by atoms with E-state index in [4.69, 9.17) is 0 Å². The maximum atomic E-state index is 11.3. The van der Waals surface area contributed by atoms with Crippen LogP contribution in [0.3, 0.4) is 0 Å². The summed E-state index contributed by atoms with van der Waals surface area (Å²) in [5.41, 5.74) is 0. The molecule has 3 nitrogen and oxygen atoms in total. The fraction of sp³-hybridized carbons (Fsp3) is 0.556. The number of rotatable bonds is 5. The van der Waals surface area contributed by atoms with Crippen molar-refractivity contribution >= 4 is 33.2 Å². The first kappa shape index (κ1) is 11.7. The summed E-state index contributed by atoms with van der Waals surface area (Å²) in [5.74, 6) is 0.0731. The molecular formula is C9H13BrN2OS. The predicted octanol–water partition coefficient (Wildman–Crippen LogP) is 2.50. The van der Waals surface area contributed by atoms with E-state index in [-0.39, 0.29) is 11.9 Å². The fourth-order valence-corrected chi connectivity index (χ4v) is 2.23. The molecular weight excluding hydrogens is 264 g/mol. The zero-order valence-corrected chi connectivity index (χ0v) is 10.4. The van der Waals surface area contributed by atoms with Gasteiger partial charge in [-0.1, -0.05) is 22.9 Å². The number of thiazole rings is 1. The van der Waals surface area contributed by atoms with Crippen LogP contribution in [0.1, 0.15) is 30.8 Å². The average Bonchev–Trinajstić information content (AvgIpc) is 2.67. The lowest BCUT2D eigenvalue weighted by molar-refractivity contribution is -0.121. The molecule has 1 heterocycles. The Morgan fingerprint density at radius 1 is 1.79 bits per heavy atom. The van der Waals surface area contributed by atoms with Crippen LogP contribution in [0.5, 0.6) is 0 Å². The number of nitrogens with zero attached hydrogens (tertiary/aromatic N) is 1. The van der Waals surface area contributed by atoms with Gasteiger partial charge in [-0.25, -0.2) is 4.98 Å². The highest BCUT2D eigenvalue weighted by molar-refractivity contribution is 9.09. The average molecular weight is 277 g/mol. The normalized spacial score (nSPS) is 12.4. The van der Waals surface area contributed by atoms with E-state index in [1.807, 2.05) is 12.3 Å². The molecule has 0 aliphatic rings. The van der Waals surface area contributed by atoms with Crippen molar-refractivity contribution in [3.8, 4) is 0 Å². The van der Waals surface area contributed by atoms with Crippen molar-refractivity contribution in [1.29, 1.82) is 0 Å². The molecule has 1 unspecified atom stereocenters. The second-order valence-electron chi connectivity index (χ2n) is 2.84. The van der Waals surface area contributed by atoms with Gasteiger partial charge in [0.1, 0.15) is 5.01 Å². The van der Waals surface area contributed by atoms with Gasteiger partial charge in [0.05, 0.1) is 6.04 Å². The number of hydrogen-bond acceptors (Lipinski definition) is 3. The van der Waals surface area contributed by atoms with Crippen molar-refractivity contribution in [2.24, 2.45) is 0 Å². The van der Waals surface area contributed by atoms with Gasteiger partial charge in [-0.15, -0.1) is 11.3 Å². The molecule has 0 fully saturated rings. The van der Waals surface area contributed by atoms with Crippen LogP contribution in [-0.2, 0) is 4.79 Å². The summed E-state index contributed by atoms with van der Waals surface area (Å²) in [4.78, 5) is 15.5. The Bertz CT molecular complexity index is 276. The molecule has 1 aromatic heterocycles. The smallest absolute Gasteiger partial charge is 0.221 e. The summed E-state index contributed by atoms with van der Waals surface area (Å²) in [7, 11) is 0. The number of halogens is 1. The maximum Gasteiger partial charge on any atom is 0.221 e. The molecule has 78 valence electrons. The van der Waals surface area contributed by atoms with Crippen LogP contribution in [0.4, 0.5) is 0 Å². The summed E-state index contributed by atoms with van der Waals surface area (Å²) < 4.78 is 0. The van der Waals surface area contributed by atoms with Crippen molar-refractivity contribution in [2.75, 3.05) is 5.33 Å². The Morgan fingerprint density at radius 3 is 3.07 bits per heavy atom. The van der Waals surface area contributed by atoms with Crippen molar-refractivity contribution in [3.05, 3.63) is 16.6 Å². The van der Waals surface area contributed by atoms with Crippen LogP contribution >= 0.6 is 27.3 Å². The number of hydrogen-bond donors (Lipinski definition) is 1. The lowest BCUT2D eigenvalue weighted by atomic mass is 10.2. The molecule has 0 saturated carbocycles. The van der Waals surface area contributed by atoms with Gasteiger partial charge < -0.3 is 5.32 Å². The minimum atomic E-state index is 0.0709. The summed E-state index contributed by atoms with van der Waals surface area (Å²) in [6, 6.07) is 0.0709. The Labute approximate surface area is 96.1 Å². The summed E-state index contributed by atoms with van der Waals surface area (Å²) in [5, 5.41) is 6.56. The number of carbonyl (C=O) groups is 1. The van der Waals surface area contributed by atoms with Crippen molar-refractivity contribution < 1.29 is 4.79 Å². The standard InChI is InChI=1S/C9H13BrN2OS/c1-2-7(9-11-5-6-14-9)12-8(13)3-4-10/h5-7H,2-4H2,1H3,(H,12,13). The first-order chi connectivity index (χ1) is 6.77. The topological polar surface area (TPSA) is 42.0 Å². The summed E-state index contributed by atoms with van der Waals surface area (Å²) in [6.45, 7) is 2.04. The van der Waals surface area contributed by atoms with Crippen LogP contribution < -0.4 is 5.32 Å². The summed E-state index contributed by atoms with van der Waals surface area (Å²) >= 11 is 4.81. The highest BCUT2D eigenvalue weighted by Gasteiger charge is 2.13. The molecule has 1 atom stereocenters. The van der Waals surface area contributed by atoms with E-state index in [2.05, 4.69) is 26.2 Å². The van der Waals surface area contributed by atoms with Gasteiger partial charge in [-0.05, 0) is 6.42 Å². The van der Waals surface area contributed by atoms with E-state index in [1.54, 1.807) is 17.5 Å². The van der Waals surface area contributed by atoms with E-state index in [0.717, 1.165) is 11.4 Å². The monoisotopic (exact) mass is 276 g/mol. The zero-order chi connectivity index (χ0) is 10.4. The highest BCUT2D eigenvalue weighted by Crippen LogP contribution is 2.18. The number of alkyl halides is 1. The zero-order valence-electron chi connectivity index (χ0n) is 8.00. The maximum absolute atomic E-state index is 11.3.